The second-order valence-corrected chi connectivity index (χ2v) is 11.4. The summed E-state index contributed by atoms with van der Waals surface area (Å²) in [5.41, 5.74) is 1.77. The maximum absolute atomic E-state index is 13.9. The van der Waals surface area contributed by atoms with E-state index >= 15 is 0 Å². The Bertz CT molecular complexity index is 1380. The van der Waals surface area contributed by atoms with Gasteiger partial charge in [0, 0.05) is 18.1 Å². The van der Waals surface area contributed by atoms with Crippen LogP contribution in [0.2, 0.25) is 5.02 Å². The molecule has 10 heteroatoms. The fourth-order valence-corrected chi connectivity index (χ4v) is 5.49. The summed E-state index contributed by atoms with van der Waals surface area (Å²) in [5, 5.41) is 3.20. The molecule has 0 saturated carbocycles. The van der Waals surface area contributed by atoms with Gasteiger partial charge in [-0.25, -0.2) is 8.42 Å². The molecular formula is C29H34ClN3O5S. The Morgan fingerprint density at radius 1 is 1.03 bits per heavy atom. The van der Waals surface area contributed by atoms with Crippen molar-refractivity contribution in [1.29, 1.82) is 0 Å². The van der Waals surface area contributed by atoms with Crippen LogP contribution in [0.25, 0.3) is 0 Å². The molecule has 0 heterocycles. The van der Waals surface area contributed by atoms with E-state index in [1.54, 1.807) is 75.6 Å². The van der Waals surface area contributed by atoms with Gasteiger partial charge in [0.1, 0.15) is 18.3 Å². The van der Waals surface area contributed by atoms with Gasteiger partial charge in [-0.2, -0.15) is 0 Å². The van der Waals surface area contributed by atoms with Crippen LogP contribution in [-0.4, -0.2) is 51.4 Å². The minimum absolute atomic E-state index is 0.0324. The number of ether oxygens (including phenoxy) is 1. The van der Waals surface area contributed by atoms with Gasteiger partial charge in [-0.1, -0.05) is 54.9 Å². The van der Waals surface area contributed by atoms with Gasteiger partial charge in [0.15, 0.2) is 0 Å². The third-order valence-corrected chi connectivity index (χ3v) is 8.48. The average Bonchev–Trinajstić information content (AvgIpc) is 2.95. The number of hydrogen-bond acceptors (Lipinski definition) is 5. The van der Waals surface area contributed by atoms with Crippen molar-refractivity contribution in [2.45, 2.75) is 44.7 Å². The largest absolute Gasteiger partial charge is 0.497 e. The monoisotopic (exact) mass is 571 g/mol. The normalized spacial score (nSPS) is 11.9. The molecule has 3 rings (SSSR count). The summed E-state index contributed by atoms with van der Waals surface area (Å²) < 4.78 is 33.8. The zero-order valence-electron chi connectivity index (χ0n) is 22.6. The first-order chi connectivity index (χ1) is 18.6. The molecule has 0 bridgehead atoms. The lowest BCUT2D eigenvalue weighted by Crippen LogP contribution is -2.51. The van der Waals surface area contributed by atoms with Gasteiger partial charge in [-0.15, -0.1) is 0 Å². The molecule has 0 aliphatic rings. The number of hydrogen-bond donors (Lipinski definition) is 1. The van der Waals surface area contributed by atoms with Crippen LogP contribution < -0.4 is 14.4 Å². The van der Waals surface area contributed by atoms with Crippen LogP contribution in [0.1, 0.15) is 31.4 Å². The summed E-state index contributed by atoms with van der Waals surface area (Å²) >= 11 is 6.35. The molecular weight excluding hydrogens is 538 g/mol. The van der Waals surface area contributed by atoms with Crippen molar-refractivity contribution in [3.05, 3.63) is 88.9 Å². The zero-order chi connectivity index (χ0) is 28.6. The second kappa shape index (κ2) is 13.5. The molecule has 0 aromatic heterocycles. The molecule has 3 aromatic rings. The van der Waals surface area contributed by atoms with Crippen molar-refractivity contribution in [3.8, 4) is 5.75 Å². The Labute approximate surface area is 235 Å². The van der Waals surface area contributed by atoms with E-state index < -0.39 is 28.5 Å². The minimum atomic E-state index is -4.14. The molecule has 8 nitrogen and oxygen atoms in total. The number of nitrogens with one attached hydrogen (secondary N) is 1. The van der Waals surface area contributed by atoms with E-state index in [0.29, 0.717) is 17.3 Å². The van der Waals surface area contributed by atoms with Gasteiger partial charge in [-0.3, -0.25) is 13.9 Å². The van der Waals surface area contributed by atoms with Crippen LogP contribution in [0.5, 0.6) is 5.75 Å². The number of benzene rings is 3. The highest BCUT2D eigenvalue weighted by Gasteiger charge is 2.32. The Hall–Kier alpha value is -3.56. The molecule has 3 aromatic carbocycles. The highest BCUT2D eigenvalue weighted by atomic mass is 35.5. The number of nitrogens with zero attached hydrogens (tertiary/aromatic N) is 2. The van der Waals surface area contributed by atoms with Gasteiger partial charge in [0.25, 0.3) is 10.0 Å². The van der Waals surface area contributed by atoms with Gasteiger partial charge >= 0.3 is 0 Å². The predicted molar refractivity (Wildman–Crippen MR) is 153 cm³/mol. The number of sulfonamides is 1. The third-order valence-electron chi connectivity index (χ3n) is 6.28. The maximum Gasteiger partial charge on any atom is 0.264 e. The SMILES string of the molecule is CCCNC(=O)C(C)N(Cc1ccc(OC)cc1)C(=O)CN(c1ccc(C)c(Cl)c1)S(=O)(=O)c1ccccc1. The number of anilines is 1. The van der Waals surface area contributed by atoms with Crippen LogP contribution in [0.4, 0.5) is 5.69 Å². The first kappa shape index (κ1) is 30.0. The van der Waals surface area contributed by atoms with Crippen LogP contribution in [0, 0.1) is 6.92 Å². The second-order valence-electron chi connectivity index (χ2n) is 9.09. The smallest absolute Gasteiger partial charge is 0.264 e. The summed E-state index contributed by atoms with van der Waals surface area (Å²) in [7, 11) is -2.58. The molecule has 1 atom stereocenters. The highest BCUT2D eigenvalue weighted by Crippen LogP contribution is 2.28. The fraction of sp³-hybridized carbons (Fsp3) is 0.310. The van der Waals surface area contributed by atoms with Gasteiger partial charge in [0.2, 0.25) is 11.8 Å². The van der Waals surface area contributed by atoms with Crippen LogP contribution in [-0.2, 0) is 26.2 Å². The molecule has 0 saturated heterocycles. The van der Waals surface area contributed by atoms with Crippen molar-refractivity contribution >= 4 is 39.1 Å². The molecule has 0 spiro atoms. The fourth-order valence-electron chi connectivity index (χ4n) is 3.89. The van der Waals surface area contributed by atoms with E-state index in [0.717, 1.165) is 21.9 Å². The zero-order valence-corrected chi connectivity index (χ0v) is 24.1. The molecule has 1 N–H and O–H groups in total. The van der Waals surface area contributed by atoms with Crippen molar-refractivity contribution in [3.63, 3.8) is 0 Å². The number of carbonyl (C=O) groups excluding carboxylic acids is 2. The molecule has 208 valence electrons. The molecule has 0 aliphatic carbocycles. The Kier molecular flexibility index (Phi) is 10.4. The Morgan fingerprint density at radius 2 is 1.69 bits per heavy atom. The minimum Gasteiger partial charge on any atom is -0.497 e. The van der Waals surface area contributed by atoms with E-state index in [4.69, 9.17) is 16.3 Å². The average molecular weight is 572 g/mol. The summed E-state index contributed by atoms with van der Waals surface area (Å²) in [6, 6.07) is 19.0. The first-order valence-corrected chi connectivity index (χ1v) is 14.4. The summed E-state index contributed by atoms with van der Waals surface area (Å²) in [4.78, 5) is 28.2. The van der Waals surface area contributed by atoms with E-state index in [1.165, 1.54) is 23.1 Å². The molecule has 0 aliphatic heterocycles. The van der Waals surface area contributed by atoms with Gasteiger partial charge < -0.3 is 15.0 Å². The lowest BCUT2D eigenvalue weighted by atomic mass is 10.1. The van der Waals surface area contributed by atoms with Crippen molar-refractivity contribution in [1.82, 2.24) is 10.2 Å². The van der Waals surface area contributed by atoms with Gasteiger partial charge in [-0.05, 0) is 67.8 Å². The summed E-state index contributed by atoms with van der Waals surface area (Å²) in [6.45, 7) is 5.40. The van der Waals surface area contributed by atoms with E-state index in [9.17, 15) is 18.0 Å². The lowest BCUT2D eigenvalue weighted by molar-refractivity contribution is -0.139. The van der Waals surface area contributed by atoms with E-state index in [1.807, 2.05) is 6.92 Å². The molecule has 0 radical (unpaired) electrons. The summed E-state index contributed by atoms with van der Waals surface area (Å²) in [5.74, 6) is -0.211. The number of rotatable bonds is 12. The van der Waals surface area contributed by atoms with E-state index in [2.05, 4.69) is 5.32 Å². The Morgan fingerprint density at radius 3 is 2.28 bits per heavy atom. The number of methoxy groups -OCH3 is 1. The maximum atomic E-state index is 13.9. The molecule has 1 unspecified atom stereocenters. The van der Waals surface area contributed by atoms with Crippen molar-refractivity contribution < 1.29 is 22.7 Å². The number of amides is 2. The lowest BCUT2D eigenvalue weighted by Gasteiger charge is -2.32. The number of halogens is 1. The van der Waals surface area contributed by atoms with Crippen molar-refractivity contribution in [2.75, 3.05) is 24.5 Å². The third kappa shape index (κ3) is 7.52. The van der Waals surface area contributed by atoms with Gasteiger partial charge in [0.05, 0.1) is 17.7 Å². The summed E-state index contributed by atoms with van der Waals surface area (Å²) in [6.07, 6.45) is 0.738. The number of aryl methyl sites for hydroxylation is 1. The molecule has 39 heavy (non-hydrogen) atoms. The highest BCUT2D eigenvalue weighted by molar-refractivity contribution is 7.92. The topological polar surface area (TPSA) is 96.0 Å². The van der Waals surface area contributed by atoms with Crippen molar-refractivity contribution in [2.24, 2.45) is 0 Å². The van der Waals surface area contributed by atoms with E-state index in [-0.39, 0.29) is 23.0 Å². The first-order valence-electron chi connectivity index (χ1n) is 12.6. The predicted octanol–water partition coefficient (Wildman–Crippen LogP) is 4.80. The van der Waals surface area contributed by atoms with Crippen LogP contribution in [0.3, 0.4) is 0 Å². The standard InChI is InChI=1S/C29H34ClN3O5S/c1-5-17-31-29(35)22(3)32(19-23-12-15-25(38-4)16-13-23)28(34)20-33(24-14-11-21(2)27(30)18-24)39(36,37)26-9-7-6-8-10-26/h6-16,18,22H,5,17,19-20H2,1-4H3,(H,31,35). The quantitative estimate of drug-likeness (QED) is 0.337. The van der Waals surface area contributed by atoms with Crippen LogP contribution >= 0.6 is 11.6 Å². The van der Waals surface area contributed by atoms with Crippen LogP contribution in [0.15, 0.2) is 77.7 Å². The number of carbonyl (C=O) groups is 2. The Balaban J connectivity index is 2.02. The molecule has 0 fully saturated rings. The molecule has 2 amide bonds.